The van der Waals surface area contributed by atoms with Gasteiger partial charge in [0.15, 0.2) is 0 Å². The first-order valence-electron chi connectivity index (χ1n) is 10.8. The van der Waals surface area contributed by atoms with Gasteiger partial charge in [0.2, 0.25) is 5.91 Å². The van der Waals surface area contributed by atoms with Crippen LogP contribution in [0.15, 0.2) is 42.5 Å². The lowest BCUT2D eigenvalue weighted by atomic mass is 10.0. The van der Waals surface area contributed by atoms with Crippen LogP contribution in [0, 0.1) is 0 Å². The first-order chi connectivity index (χ1) is 15.0. The molecule has 2 aromatic rings. The lowest BCUT2D eigenvalue weighted by Crippen LogP contribution is -2.51. The van der Waals surface area contributed by atoms with E-state index in [0.29, 0.717) is 18.8 Å². The number of ether oxygens (including phenoxy) is 2. The van der Waals surface area contributed by atoms with Crippen molar-refractivity contribution in [3.05, 3.63) is 42.5 Å². The van der Waals surface area contributed by atoms with Gasteiger partial charge >= 0.3 is 6.09 Å². The zero-order valence-corrected chi connectivity index (χ0v) is 18.3. The molecule has 0 saturated carbocycles. The second-order valence-electron chi connectivity index (χ2n) is 7.90. The molecular weight excluding hydrogens is 394 g/mol. The molecular formula is C24H29N3O4. The Morgan fingerprint density at radius 2 is 1.71 bits per heavy atom. The Morgan fingerprint density at radius 1 is 1.03 bits per heavy atom. The zero-order chi connectivity index (χ0) is 22.0. The van der Waals surface area contributed by atoms with Crippen molar-refractivity contribution in [2.45, 2.75) is 26.8 Å². The Morgan fingerprint density at radius 3 is 2.35 bits per heavy atom. The summed E-state index contributed by atoms with van der Waals surface area (Å²) in [6, 6.07) is 14.2. The summed E-state index contributed by atoms with van der Waals surface area (Å²) in [6.45, 7) is 9.27. The molecule has 0 aromatic heterocycles. The maximum Gasteiger partial charge on any atom is 0.414 e. The Hall–Kier alpha value is -3.06. The molecule has 1 fully saturated rings. The van der Waals surface area contributed by atoms with Crippen molar-refractivity contribution in [2.24, 2.45) is 0 Å². The van der Waals surface area contributed by atoms with Crippen molar-refractivity contribution in [1.29, 1.82) is 0 Å². The number of benzene rings is 2. The van der Waals surface area contributed by atoms with Gasteiger partial charge in [-0.25, -0.2) is 4.79 Å². The van der Waals surface area contributed by atoms with E-state index in [-0.39, 0.29) is 11.9 Å². The first-order valence-corrected chi connectivity index (χ1v) is 10.8. The quantitative estimate of drug-likeness (QED) is 0.749. The van der Waals surface area contributed by atoms with Gasteiger partial charge in [0.1, 0.15) is 0 Å². The molecule has 2 heterocycles. The number of hydrogen-bond acceptors (Lipinski definition) is 5. The van der Waals surface area contributed by atoms with Crippen LogP contribution in [0.2, 0.25) is 0 Å². The molecule has 0 spiro atoms. The summed E-state index contributed by atoms with van der Waals surface area (Å²) in [5, 5.41) is 0. The fraction of sp³-hybridized carbons (Fsp3) is 0.417. The maximum atomic E-state index is 12.6. The molecule has 1 saturated heterocycles. The van der Waals surface area contributed by atoms with Crippen molar-refractivity contribution in [3.8, 4) is 11.1 Å². The molecule has 0 radical (unpaired) electrons. The Balaban J connectivity index is 1.68. The largest absolute Gasteiger partial charge is 0.449 e. The van der Waals surface area contributed by atoms with Crippen molar-refractivity contribution in [2.75, 3.05) is 54.2 Å². The van der Waals surface area contributed by atoms with Gasteiger partial charge in [-0.1, -0.05) is 18.2 Å². The molecule has 7 heteroatoms. The smallest absolute Gasteiger partial charge is 0.414 e. The minimum Gasteiger partial charge on any atom is -0.449 e. The molecule has 1 unspecified atom stereocenters. The molecule has 7 nitrogen and oxygen atoms in total. The highest BCUT2D eigenvalue weighted by molar-refractivity contribution is 6.03. The monoisotopic (exact) mass is 423 g/mol. The molecule has 0 aliphatic carbocycles. The molecule has 2 amide bonds. The van der Waals surface area contributed by atoms with E-state index in [4.69, 9.17) is 9.47 Å². The topological polar surface area (TPSA) is 62.3 Å². The number of hydrogen-bond donors (Lipinski definition) is 0. The van der Waals surface area contributed by atoms with E-state index < -0.39 is 6.09 Å². The van der Waals surface area contributed by atoms with E-state index in [2.05, 4.69) is 29.2 Å². The molecule has 2 aliphatic heterocycles. The fourth-order valence-corrected chi connectivity index (χ4v) is 4.35. The Labute approximate surface area is 183 Å². The first kappa shape index (κ1) is 21.2. The number of nitrogens with zero attached hydrogens (tertiary/aromatic N) is 3. The van der Waals surface area contributed by atoms with Gasteiger partial charge in [0, 0.05) is 32.2 Å². The second-order valence-corrected chi connectivity index (χ2v) is 7.90. The van der Waals surface area contributed by atoms with Gasteiger partial charge in [-0.3, -0.25) is 9.69 Å². The molecule has 164 valence electrons. The third-order valence-electron chi connectivity index (χ3n) is 5.82. The average Bonchev–Trinajstić information content (AvgIpc) is 2.79. The van der Waals surface area contributed by atoms with Crippen molar-refractivity contribution in [3.63, 3.8) is 0 Å². The standard InChI is InChI=1S/C24H29N3O4/c1-4-31-24(29)26-16-17(2)27(18(3)28)22-10-7-20(15-23(22)26)19-5-8-21(9-6-19)25-11-13-30-14-12-25/h5-10,15,17H,4,11-14,16H2,1-3H3. The van der Waals surface area contributed by atoms with Crippen LogP contribution in [-0.2, 0) is 14.3 Å². The molecule has 1 atom stereocenters. The SMILES string of the molecule is CCOC(=O)N1CC(C)N(C(C)=O)c2ccc(-c3ccc(N4CCOCC4)cc3)cc21. The highest BCUT2D eigenvalue weighted by Gasteiger charge is 2.34. The summed E-state index contributed by atoms with van der Waals surface area (Å²) in [7, 11) is 0. The predicted octanol–water partition coefficient (Wildman–Crippen LogP) is 3.91. The van der Waals surface area contributed by atoms with E-state index in [1.807, 2.05) is 25.1 Å². The fourth-order valence-electron chi connectivity index (χ4n) is 4.35. The van der Waals surface area contributed by atoms with Crippen molar-refractivity contribution in [1.82, 2.24) is 0 Å². The summed E-state index contributed by atoms with van der Waals surface area (Å²) in [5.74, 6) is -0.0418. The van der Waals surface area contributed by atoms with E-state index in [9.17, 15) is 9.59 Å². The normalized spacial score (nSPS) is 18.5. The summed E-state index contributed by atoms with van der Waals surface area (Å²) in [4.78, 5) is 30.6. The molecule has 4 rings (SSSR count). The number of anilines is 3. The number of amides is 2. The second kappa shape index (κ2) is 8.98. The Kier molecular flexibility index (Phi) is 6.13. The summed E-state index contributed by atoms with van der Waals surface area (Å²) >= 11 is 0. The third-order valence-corrected chi connectivity index (χ3v) is 5.82. The van der Waals surface area contributed by atoms with Gasteiger partial charge in [-0.15, -0.1) is 0 Å². The lowest BCUT2D eigenvalue weighted by molar-refractivity contribution is -0.117. The molecule has 31 heavy (non-hydrogen) atoms. The number of morpholine rings is 1. The van der Waals surface area contributed by atoms with Crippen LogP contribution in [0.1, 0.15) is 20.8 Å². The van der Waals surface area contributed by atoms with E-state index in [1.54, 1.807) is 23.6 Å². The highest BCUT2D eigenvalue weighted by Crippen LogP contribution is 2.39. The van der Waals surface area contributed by atoms with E-state index in [0.717, 1.165) is 43.1 Å². The summed E-state index contributed by atoms with van der Waals surface area (Å²) < 4.78 is 10.7. The summed E-state index contributed by atoms with van der Waals surface area (Å²) in [6.07, 6.45) is -0.390. The van der Waals surface area contributed by atoms with E-state index >= 15 is 0 Å². The van der Waals surface area contributed by atoms with Gasteiger partial charge in [-0.05, 0) is 49.2 Å². The van der Waals surface area contributed by atoms with E-state index in [1.165, 1.54) is 5.69 Å². The van der Waals surface area contributed by atoms with Gasteiger partial charge < -0.3 is 19.3 Å². The van der Waals surface area contributed by atoms with Crippen LogP contribution in [-0.4, -0.2) is 57.5 Å². The van der Waals surface area contributed by atoms with Gasteiger partial charge in [0.05, 0.1) is 37.2 Å². The van der Waals surface area contributed by atoms with Crippen LogP contribution >= 0.6 is 0 Å². The lowest BCUT2D eigenvalue weighted by Gasteiger charge is -2.40. The van der Waals surface area contributed by atoms with Crippen LogP contribution in [0.5, 0.6) is 0 Å². The van der Waals surface area contributed by atoms with Crippen LogP contribution in [0.25, 0.3) is 11.1 Å². The van der Waals surface area contributed by atoms with Gasteiger partial charge in [0.25, 0.3) is 0 Å². The van der Waals surface area contributed by atoms with Crippen molar-refractivity contribution < 1.29 is 19.1 Å². The van der Waals surface area contributed by atoms with Crippen molar-refractivity contribution >= 4 is 29.1 Å². The number of fused-ring (bicyclic) bond motifs is 1. The number of carbonyl (C=O) groups is 2. The number of rotatable bonds is 3. The van der Waals surface area contributed by atoms with Crippen LogP contribution in [0.4, 0.5) is 21.9 Å². The average molecular weight is 424 g/mol. The third kappa shape index (κ3) is 4.23. The van der Waals surface area contributed by atoms with Crippen LogP contribution in [0.3, 0.4) is 0 Å². The molecule has 2 aliphatic rings. The number of carbonyl (C=O) groups excluding carboxylic acids is 2. The molecule has 0 bridgehead atoms. The maximum absolute atomic E-state index is 12.6. The zero-order valence-electron chi connectivity index (χ0n) is 18.3. The minimum atomic E-state index is -0.390. The summed E-state index contributed by atoms with van der Waals surface area (Å²) in [5.41, 5.74) is 4.64. The predicted molar refractivity (Wildman–Crippen MR) is 122 cm³/mol. The highest BCUT2D eigenvalue weighted by atomic mass is 16.6. The van der Waals surface area contributed by atoms with Crippen LogP contribution < -0.4 is 14.7 Å². The van der Waals surface area contributed by atoms with Gasteiger partial charge in [-0.2, -0.15) is 0 Å². The molecule has 0 N–H and O–H groups in total. The minimum absolute atomic E-state index is 0.0418. The Bertz CT molecular complexity index is 954. The molecule has 2 aromatic carbocycles.